The van der Waals surface area contributed by atoms with Gasteiger partial charge in [0.2, 0.25) is 11.8 Å². The van der Waals surface area contributed by atoms with E-state index in [4.69, 9.17) is 5.73 Å². The summed E-state index contributed by atoms with van der Waals surface area (Å²) in [4.78, 5) is 26.4. The second-order valence-electron chi connectivity index (χ2n) is 7.36. The zero-order chi connectivity index (χ0) is 17.6. The van der Waals surface area contributed by atoms with Gasteiger partial charge in [0.05, 0.1) is 0 Å². The Kier molecular flexibility index (Phi) is 6.08. The number of carbonyl (C=O) groups is 2. The van der Waals surface area contributed by atoms with E-state index in [-0.39, 0.29) is 29.7 Å². The van der Waals surface area contributed by atoms with Gasteiger partial charge in [0.25, 0.3) is 0 Å². The van der Waals surface area contributed by atoms with Crippen molar-refractivity contribution in [2.24, 2.45) is 11.7 Å². The maximum atomic E-state index is 12.4. The van der Waals surface area contributed by atoms with Gasteiger partial charge in [-0.15, -0.1) is 0 Å². The summed E-state index contributed by atoms with van der Waals surface area (Å²) < 4.78 is 0. The zero-order valence-electron chi connectivity index (χ0n) is 14.8. The molecule has 1 aromatic rings. The third-order valence-electron chi connectivity index (χ3n) is 5.56. The van der Waals surface area contributed by atoms with Crippen LogP contribution in [0.1, 0.15) is 50.0 Å². The summed E-state index contributed by atoms with van der Waals surface area (Å²) in [6.45, 7) is 1.69. The van der Waals surface area contributed by atoms with E-state index in [9.17, 15) is 9.59 Å². The molecular weight excluding hydrogens is 314 g/mol. The Morgan fingerprint density at radius 2 is 1.80 bits per heavy atom. The van der Waals surface area contributed by atoms with Crippen LogP contribution in [0.3, 0.4) is 0 Å². The molecular formula is C20H29N3O2. The standard InChI is InChI=1S/C20H29N3O2/c21-18-14-23(13-17(18)15-7-3-1-4-8-15)19(24)11-12-22-20(25)16-9-5-2-6-10-16/h1,3-4,7-8,16-18H,2,5-6,9-14,21H2,(H,22,25)/t17-,18+/m0/s1. The van der Waals surface area contributed by atoms with Gasteiger partial charge in [0, 0.05) is 43.9 Å². The number of carbonyl (C=O) groups excluding carboxylic acids is 2. The lowest BCUT2D eigenvalue weighted by Gasteiger charge is -2.21. The lowest BCUT2D eigenvalue weighted by molar-refractivity contribution is -0.130. The molecule has 5 nitrogen and oxygen atoms in total. The Labute approximate surface area is 150 Å². The van der Waals surface area contributed by atoms with Crippen LogP contribution in [0.4, 0.5) is 0 Å². The van der Waals surface area contributed by atoms with Crippen molar-refractivity contribution in [3.8, 4) is 0 Å². The molecule has 0 radical (unpaired) electrons. The van der Waals surface area contributed by atoms with Crippen molar-refractivity contribution in [3.63, 3.8) is 0 Å². The van der Waals surface area contributed by atoms with Crippen molar-refractivity contribution >= 4 is 11.8 Å². The van der Waals surface area contributed by atoms with Gasteiger partial charge in [0.1, 0.15) is 0 Å². The third-order valence-corrected chi connectivity index (χ3v) is 5.56. The van der Waals surface area contributed by atoms with Gasteiger partial charge in [-0.3, -0.25) is 9.59 Å². The quantitative estimate of drug-likeness (QED) is 0.859. The molecule has 2 atom stereocenters. The molecule has 25 heavy (non-hydrogen) atoms. The van der Waals surface area contributed by atoms with Crippen LogP contribution >= 0.6 is 0 Å². The first-order chi connectivity index (χ1) is 12.1. The summed E-state index contributed by atoms with van der Waals surface area (Å²) >= 11 is 0. The van der Waals surface area contributed by atoms with Crippen molar-refractivity contribution < 1.29 is 9.59 Å². The zero-order valence-corrected chi connectivity index (χ0v) is 14.8. The van der Waals surface area contributed by atoms with Crippen LogP contribution in [0.25, 0.3) is 0 Å². The number of benzene rings is 1. The predicted molar refractivity (Wildman–Crippen MR) is 97.9 cm³/mol. The second-order valence-corrected chi connectivity index (χ2v) is 7.36. The highest BCUT2D eigenvalue weighted by atomic mass is 16.2. The Hall–Kier alpha value is -1.88. The average Bonchev–Trinajstić information content (AvgIpc) is 3.05. The van der Waals surface area contributed by atoms with Crippen LogP contribution in [0.2, 0.25) is 0 Å². The van der Waals surface area contributed by atoms with E-state index in [0.29, 0.717) is 26.1 Å². The number of likely N-dealkylation sites (tertiary alicyclic amines) is 1. The summed E-state index contributed by atoms with van der Waals surface area (Å²) in [5, 5.41) is 2.94. The average molecular weight is 343 g/mol. The molecule has 3 rings (SSSR count). The Morgan fingerprint density at radius 3 is 2.52 bits per heavy atom. The summed E-state index contributed by atoms with van der Waals surface area (Å²) in [6, 6.07) is 10.1. The molecule has 0 aromatic heterocycles. The van der Waals surface area contributed by atoms with Crippen LogP contribution in [0, 0.1) is 5.92 Å². The van der Waals surface area contributed by atoms with Gasteiger partial charge in [-0.05, 0) is 18.4 Å². The highest BCUT2D eigenvalue weighted by Gasteiger charge is 2.33. The molecule has 1 saturated carbocycles. The normalized spacial score (nSPS) is 24.3. The van der Waals surface area contributed by atoms with E-state index in [2.05, 4.69) is 17.4 Å². The maximum Gasteiger partial charge on any atom is 0.224 e. The molecule has 136 valence electrons. The molecule has 0 spiro atoms. The first-order valence-corrected chi connectivity index (χ1v) is 9.51. The van der Waals surface area contributed by atoms with E-state index in [1.54, 1.807) is 0 Å². The van der Waals surface area contributed by atoms with Crippen molar-refractivity contribution in [2.75, 3.05) is 19.6 Å². The minimum Gasteiger partial charge on any atom is -0.355 e. The molecule has 1 heterocycles. The monoisotopic (exact) mass is 343 g/mol. The van der Waals surface area contributed by atoms with Gasteiger partial charge in [-0.25, -0.2) is 0 Å². The van der Waals surface area contributed by atoms with Crippen LogP contribution in [0.5, 0.6) is 0 Å². The first-order valence-electron chi connectivity index (χ1n) is 9.51. The maximum absolute atomic E-state index is 12.4. The number of rotatable bonds is 5. The highest BCUT2D eigenvalue weighted by Crippen LogP contribution is 2.27. The van der Waals surface area contributed by atoms with Crippen molar-refractivity contribution in [3.05, 3.63) is 35.9 Å². The summed E-state index contributed by atoms with van der Waals surface area (Å²) in [6.07, 6.45) is 5.85. The molecule has 0 bridgehead atoms. The van der Waals surface area contributed by atoms with Gasteiger partial charge < -0.3 is 16.0 Å². The molecule has 1 aliphatic carbocycles. The van der Waals surface area contributed by atoms with Crippen molar-refractivity contribution in [1.29, 1.82) is 0 Å². The van der Waals surface area contributed by atoms with Gasteiger partial charge in [0.15, 0.2) is 0 Å². The number of nitrogens with zero attached hydrogens (tertiary/aromatic N) is 1. The van der Waals surface area contributed by atoms with Crippen molar-refractivity contribution in [2.45, 2.75) is 50.5 Å². The Bertz CT molecular complexity index is 584. The summed E-state index contributed by atoms with van der Waals surface area (Å²) in [7, 11) is 0. The lowest BCUT2D eigenvalue weighted by Crippen LogP contribution is -2.37. The van der Waals surface area contributed by atoms with Crippen molar-refractivity contribution in [1.82, 2.24) is 10.2 Å². The van der Waals surface area contributed by atoms with Crippen LogP contribution in [0.15, 0.2) is 30.3 Å². The predicted octanol–water partition coefficient (Wildman–Crippen LogP) is 2.03. The number of amides is 2. The highest BCUT2D eigenvalue weighted by molar-refractivity contribution is 5.80. The first kappa shape index (κ1) is 17.9. The number of nitrogens with two attached hydrogens (primary N) is 1. The molecule has 2 amide bonds. The van der Waals surface area contributed by atoms with E-state index in [0.717, 1.165) is 25.7 Å². The number of hydrogen-bond acceptors (Lipinski definition) is 3. The third kappa shape index (κ3) is 4.60. The summed E-state index contributed by atoms with van der Waals surface area (Å²) in [5.41, 5.74) is 7.44. The van der Waals surface area contributed by atoms with E-state index >= 15 is 0 Å². The topological polar surface area (TPSA) is 75.4 Å². The van der Waals surface area contributed by atoms with E-state index in [1.807, 2.05) is 23.1 Å². The molecule has 1 aromatic carbocycles. The smallest absolute Gasteiger partial charge is 0.224 e. The Morgan fingerprint density at radius 1 is 1.08 bits per heavy atom. The van der Waals surface area contributed by atoms with E-state index in [1.165, 1.54) is 12.0 Å². The van der Waals surface area contributed by atoms with E-state index < -0.39 is 0 Å². The molecule has 1 saturated heterocycles. The van der Waals surface area contributed by atoms with Gasteiger partial charge in [-0.2, -0.15) is 0 Å². The minimum atomic E-state index is -0.0248. The largest absolute Gasteiger partial charge is 0.355 e. The Balaban J connectivity index is 1.43. The molecule has 2 fully saturated rings. The molecule has 5 heteroatoms. The van der Waals surface area contributed by atoms with Crippen LogP contribution < -0.4 is 11.1 Å². The molecule has 0 unspecified atom stereocenters. The second kappa shape index (κ2) is 8.48. The minimum absolute atomic E-state index is 0.0248. The fourth-order valence-corrected chi connectivity index (χ4v) is 4.05. The molecule has 2 aliphatic rings. The van der Waals surface area contributed by atoms with Gasteiger partial charge in [-0.1, -0.05) is 49.6 Å². The van der Waals surface area contributed by atoms with Gasteiger partial charge >= 0.3 is 0 Å². The number of hydrogen-bond donors (Lipinski definition) is 2. The fourth-order valence-electron chi connectivity index (χ4n) is 4.05. The summed E-state index contributed by atoms with van der Waals surface area (Å²) in [5.74, 6) is 0.541. The number of nitrogens with one attached hydrogen (secondary N) is 1. The SMILES string of the molecule is N[C@@H]1CN(C(=O)CCNC(=O)C2CCCCC2)C[C@H]1c1ccccc1. The lowest BCUT2D eigenvalue weighted by atomic mass is 9.89. The molecule has 1 aliphatic heterocycles. The van der Waals surface area contributed by atoms with Crippen LogP contribution in [-0.4, -0.2) is 42.4 Å². The fraction of sp³-hybridized carbons (Fsp3) is 0.600. The van der Waals surface area contributed by atoms with Crippen LogP contribution in [-0.2, 0) is 9.59 Å². The molecule has 3 N–H and O–H groups in total.